The molecule has 1 atom stereocenters. The van der Waals surface area contributed by atoms with Crippen molar-refractivity contribution in [2.75, 3.05) is 0 Å². The standard InChI is InChI=1S/C15H20BrN3O2/c1-4-13(17)7-11-6-12(16)5-9(2)15(11)20-8-14-18-10(3)21-19-14/h5-6,13H,4,7-8,17H2,1-3H3. The molecular formula is C15H20BrN3O2. The van der Waals surface area contributed by atoms with Gasteiger partial charge in [-0.3, -0.25) is 0 Å². The Morgan fingerprint density at radius 2 is 2.14 bits per heavy atom. The molecule has 0 saturated heterocycles. The quantitative estimate of drug-likeness (QED) is 0.862. The van der Waals surface area contributed by atoms with Crippen molar-refractivity contribution in [2.24, 2.45) is 5.73 Å². The summed E-state index contributed by atoms with van der Waals surface area (Å²) < 4.78 is 11.9. The highest BCUT2D eigenvalue weighted by Crippen LogP contribution is 2.29. The van der Waals surface area contributed by atoms with Gasteiger partial charge in [-0.15, -0.1) is 0 Å². The van der Waals surface area contributed by atoms with Crippen LogP contribution in [-0.2, 0) is 13.0 Å². The van der Waals surface area contributed by atoms with Crippen molar-refractivity contribution in [2.45, 2.75) is 46.3 Å². The average Bonchev–Trinajstić information content (AvgIpc) is 2.83. The second kappa shape index (κ2) is 7.04. The lowest BCUT2D eigenvalue weighted by atomic mass is 10.0. The van der Waals surface area contributed by atoms with Crippen molar-refractivity contribution >= 4 is 15.9 Å². The van der Waals surface area contributed by atoms with Crippen LogP contribution in [0.25, 0.3) is 0 Å². The molecule has 2 N–H and O–H groups in total. The van der Waals surface area contributed by atoms with E-state index in [9.17, 15) is 0 Å². The Labute approximate surface area is 133 Å². The minimum absolute atomic E-state index is 0.119. The fourth-order valence-electron chi connectivity index (χ4n) is 2.12. The zero-order valence-corrected chi connectivity index (χ0v) is 14.1. The molecular weight excluding hydrogens is 334 g/mol. The molecule has 114 valence electrons. The molecule has 5 nitrogen and oxygen atoms in total. The summed E-state index contributed by atoms with van der Waals surface area (Å²) in [6.07, 6.45) is 1.70. The second-order valence-electron chi connectivity index (χ2n) is 5.10. The minimum atomic E-state index is 0.119. The van der Waals surface area contributed by atoms with Gasteiger partial charge in [0.15, 0.2) is 6.61 Å². The highest BCUT2D eigenvalue weighted by atomic mass is 79.9. The zero-order chi connectivity index (χ0) is 15.4. The summed E-state index contributed by atoms with van der Waals surface area (Å²) in [4.78, 5) is 4.14. The number of hydrogen-bond acceptors (Lipinski definition) is 5. The number of aryl methyl sites for hydroxylation is 2. The molecule has 0 aliphatic carbocycles. The number of hydrogen-bond donors (Lipinski definition) is 1. The first-order valence-electron chi connectivity index (χ1n) is 6.96. The maximum atomic E-state index is 6.07. The predicted molar refractivity (Wildman–Crippen MR) is 84.2 cm³/mol. The van der Waals surface area contributed by atoms with E-state index in [1.807, 2.05) is 13.0 Å². The van der Waals surface area contributed by atoms with Crippen LogP contribution in [0, 0.1) is 13.8 Å². The molecule has 0 fully saturated rings. The van der Waals surface area contributed by atoms with Gasteiger partial charge in [0.25, 0.3) is 0 Å². The first-order valence-corrected chi connectivity index (χ1v) is 7.75. The Bertz CT molecular complexity index is 613. The van der Waals surface area contributed by atoms with E-state index in [0.29, 0.717) is 11.7 Å². The molecule has 2 rings (SSSR count). The van der Waals surface area contributed by atoms with Crippen LogP contribution in [0.2, 0.25) is 0 Å². The first kappa shape index (κ1) is 16.0. The van der Waals surface area contributed by atoms with Crippen molar-refractivity contribution in [3.05, 3.63) is 39.4 Å². The molecule has 0 spiro atoms. The van der Waals surface area contributed by atoms with E-state index in [0.717, 1.165) is 34.2 Å². The molecule has 0 saturated carbocycles. The summed E-state index contributed by atoms with van der Waals surface area (Å²) in [7, 11) is 0. The zero-order valence-electron chi connectivity index (χ0n) is 12.5. The molecule has 0 aliphatic heterocycles. The van der Waals surface area contributed by atoms with Gasteiger partial charge < -0.3 is 15.0 Å². The van der Waals surface area contributed by atoms with Gasteiger partial charge in [-0.1, -0.05) is 28.0 Å². The van der Waals surface area contributed by atoms with E-state index in [4.69, 9.17) is 15.0 Å². The van der Waals surface area contributed by atoms with Gasteiger partial charge in [-0.05, 0) is 43.0 Å². The van der Waals surface area contributed by atoms with E-state index < -0.39 is 0 Å². The van der Waals surface area contributed by atoms with Crippen molar-refractivity contribution in [3.63, 3.8) is 0 Å². The molecule has 1 aromatic carbocycles. The molecule has 1 aromatic heterocycles. The summed E-state index contributed by atoms with van der Waals surface area (Å²) >= 11 is 3.52. The van der Waals surface area contributed by atoms with Gasteiger partial charge in [-0.2, -0.15) is 4.98 Å². The Morgan fingerprint density at radius 3 is 2.76 bits per heavy atom. The van der Waals surface area contributed by atoms with Crippen LogP contribution in [-0.4, -0.2) is 16.2 Å². The van der Waals surface area contributed by atoms with E-state index in [-0.39, 0.29) is 12.6 Å². The SMILES string of the molecule is CCC(N)Cc1cc(Br)cc(C)c1OCc1noc(C)n1. The molecule has 0 aliphatic rings. The van der Waals surface area contributed by atoms with Crippen LogP contribution in [0.4, 0.5) is 0 Å². The number of ether oxygens (including phenoxy) is 1. The van der Waals surface area contributed by atoms with Crippen molar-refractivity contribution in [1.29, 1.82) is 0 Å². The first-order chi connectivity index (χ1) is 9.99. The van der Waals surface area contributed by atoms with Crippen LogP contribution >= 0.6 is 15.9 Å². The molecule has 2 aromatic rings. The van der Waals surface area contributed by atoms with Gasteiger partial charge in [-0.25, -0.2) is 0 Å². The van der Waals surface area contributed by atoms with Gasteiger partial charge in [0.05, 0.1) is 0 Å². The van der Waals surface area contributed by atoms with Crippen LogP contribution in [0.1, 0.15) is 36.2 Å². The smallest absolute Gasteiger partial charge is 0.223 e. The normalized spacial score (nSPS) is 12.4. The highest BCUT2D eigenvalue weighted by Gasteiger charge is 2.13. The Kier molecular flexibility index (Phi) is 5.36. The van der Waals surface area contributed by atoms with Crippen LogP contribution < -0.4 is 10.5 Å². The summed E-state index contributed by atoms with van der Waals surface area (Å²) in [6, 6.07) is 4.20. The summed E-state index contributed by atoms with van der Waals surface area (Å²) in [5.41, 5.74) is 8.23. The molecule has 0 bridgehead atoms. The summed E-state index contributed by atoms with van der Waals surface area (Å²) in [5.74, 6) is 1.93. The third-order valence-electron chi connectivity index (χ3n) is 3.24. The Hall–Kier alpha value is -1.40. The Morgan fingerprint density at radius 1 is 1.38 bits per heavy atom. The number of aromatic nitrogens is 2. The lowest BCUT2D eigenvalue weighted by molar-refractivity contribution is 0.280. The second-order valence-corrected chi connectivity index (χ2v) is 6.02. The minimum Gasteiger partial charge on any atom is -0.485 e. The van der Waals surface area contributed by atoms with Crippen molar-refractivity contribution < 1.29 is 9.26 Å². The summed E-state index contributed by atoms with van der Waals surface area (Å²) in [5, 5.41) is 3.84. The van der Waals surface area contributed by atoms with Crippen LogP contribution in [0.15, 0.2) is 21.1 Å². The van der Waals surface area contributed by atoms with E-state index in [1.54, 1.807) is 6.92 Å². The topological polar surface area (TPSA) is 74.2 Å². The molecule has 1 unspecified atom stereocenters. The number of nitrogens with zero attached hydrogens (tertiary/aromatic N) is 2. The predicted octanol–water partition coefficient (Wildman–Crippen LogP) is 3.31. The van der Waals surface area contributed by atoms with E-state index in [1.165, 1.54) is 0 Å². The third kappa shape index (κ3) is 4.28. The number of benzene rings is 1. The average molecular weight is 354 g/mol. The third-order valence-corrected chi connectivity index (χ3v) is 3.70. The van der Waals surface area contributed by atoms with Gasteiger partial charge >= 0.3 is 0 Å². The molecule has 1 heterocycles. The fourth-order valence-corrected chi connectivity index (χ4v) is 2.74. The fraction of sp³-hybridized carbons (Fsp3) is 0.467. The molecule has 0 radical (unpaired) electrons. The molecule has 6 heteroatoms. The van der Waals surface area contributed by atoms with Crippen molar-refractivity contribution in [1.82, 2.24) is 10.1 Å². The number of nitrogens with two attached hydrogens (primary N) is 1. The Balaban J connectivity index is 2.19. The largest absolute Gasteiger partial charge is 0.485 e. The molecule has 0 amide bonds. The summed E-state index contributed by atoms with van der Waals surface area (Å²) in [6.45, 7) is 6.14. The van der Waals surface area contributed by atoms with E-state index in [2.05, 4.69) is 39.1 Å². The monoisotopic (exact) mass is 353 g/mol. The van der Waals surface area contributed by atoms with Gasteiger partial charge in [0.2, 0.25) is 11.7 Å². The van der Waals surface area contributed by atoms with Crippen LogP contribution in [0.3, 0.4) is 0 Å². The molecule has 21 heavy (non-hydrogen) atoms. The lowest BCUT2D eigenvalue weighted by Crippen LogP contribution is -2.22. The van der Waals surface area contributed by atoms with Gasteiger partial charge in [0, 0.05) is 17.4 Å². The maximum Gasteiger partial charge on any atom is 0.223 e. The number of halogens is 1. The van der Waals surface area contributed by atoms with Crippen molar-refractivity contribution in [3.8, 4) is 5.75 Å². The van der Waals surface area contributed by atoms with E-state index >= 15 is 0 Å². The lowest BCUT2D eigenvalue weighted by Gasteiger charge is -2.16. The maximum absolute atomic E-state index is 6.07. The van der Waals surface area contributed by atoms with Crippen LogP contribution in [0.5, 0.6) is 5.75 Å². The highest BCUT2D eigenvalue weighted by molar-refractivity contribution is 9.10. The van der Waals surface area contributed by atoms with Gasteiger partial charge in [0.1, 0.15) is 5.75 Å². The number of rotatable bonds is 6.